The molecule has 0 fully saturated rings. The van der Waals surface area contributed by atoms with E-state index in [2.05, 4.69) is 10.6 Å². The van der Waals surface area contributed by atoms with Gasteiger partial charge in [-0.25, -0.2) is 0 Å². The lowest BCUT2D eigenvalue weighted by atomic mass is 10.1. The maximum Gasteiger partial charge on any atom is 0.255 e. The number of hydrogen-bond acceptors (Lipinski definition) is 4. The van der Waals surface area contributed by atoms with Crippen molar-refractivity contribution >= 4 is 23.3 Å². The average molecular weight is 340 g/mol. The molecular formula is C19H20N2O4. The summed E-state index contributed by atoms with van der Waals surface area (Å²) in [6.07, 6.45) is 0. The van der Waals surface area contributed by atoms with E-state index in [0.29, 0.717) is 35.5 Å². The number of nitrogens with one attached hydrogen (secondary N) is 2. The Hall–Kier alpha value is -2.99. The number of amides is 2. The second kappa shape index (κ2) is 8.75. The topological polar surface area (TPSA) is 84.5 Å². The van der Waals surface area contributed by atoms with Crippen LogP contribution in [-0.2, 0) is 4.74 Å². The van der Waals surface area contributed by atoms with Gasteiger partial charge < -0.3 is 15.4 Å². The lowest BCUT2D eigenvalue weighted by Crippen LogP contribution is -2.27. The van der Waals surface area contributed by atoms with E-state index in [4.69, 9.17) is 4.74 Å². The zero-order valence-corrected chi connectivity index (χ0v) is 14.2. The quantitative estimate of drug-likeness (QED) is 0.599. The molecule has 2 rings (SSSR count). The maximum atomic E-state index is 12.4. The van der Waals surface area contributed by atoms with Gasteiger partial charge in [0.1, 0.15) is 0 Å². The maximum absolute atomic E-state index is 12.4. The summed E-state index contributed by atoms with van der Waals surface area (Å²) in [7, 11) is 1.55. The fourth-order valence-electron chi connectivity index (χ4n) is 2.19. The van der Waals surface area contributed by atoms with Crippen LogP contribution in [0.25, 0.3) is 0 Å². The third-order valence-corrected chi connectivity index (χ3v) is 3.51. The lowest BCUT2D eigenvalue weighted by Gasteiger charge is -2.08. The molecule has 0 radical (unpaired) electrons. The fraction of sp³-hybridized carbons (Fsp3) is 0.211. The molecule has 2 N–H and O–H groups in total. The molecule has 6 heteroatoms. The third kappa shape index (κ3) is 5.26. The molecule has 0 aliphatic rings. The molecule has 25 heavy (non-hydrogen) atoms. The molecule has 0 heterocycles. The highest BCUT2D eigenvalue weighted by Crippen LogP contribution is 2.13. The van der Waals surface area contributed by atoms with Gasteiger partial charge in [0.2, 0.25) is 0 Å². The first-order valence-electron chi connectivity index (χ1n) is 7.81. The van der Waals surface area contributed by atoms with Crippen LogP contribution in [0.15, 0.2) is 48.5 Å². The first-order chi connectivity index (χ1) is 12.0. The molecule has 0 aliphatic carbocycles. The third-order valence-electron chi connectivity index (χ3n) is 3.51. The number of ketones is 1. The SMILES string of the molecule is COCCNC(=O)c1cccc(C(=O)Nc2cccc(C(C)=O)c2)c1. The molecule has 0 saturated heterocycles. The van der Waals surface area contributed by atoms with Crippen LogP contribution in [0.2, 0.25) is 0 Å². The van der Waals surface area contributed by atoms with E-state index in [1.165, 1.54) is 13.0 Å². The van der Waals surface area contributed by atoms with Crippen molar-refractivity contribution in [3.05, 3.63) is 65.2 Å². The summed E-state index contributed by atoms with van der Waals surface area (Å²) >= 11 is 0. The van der Waals surface area contributed by atoms with Crippen molar-refractivity contribution in [3.63, 3.8) is 0 Å². The molecule has 2 aromatic carbocycles. The van der Waals surface area contributed by atoms with Gasteiger partial charge >= 0.3 is 0 Å². The molecule has 2 aromatic rings. The van der Waals surface area contributed by atoms with E-state index in [0.717, 1.165) is 0 Å². The summed E-state index contributed by atoms with van der Waals surface area (Å²) in [4.78, 5) is 35.8. The molecule has 0 spiro atoms. The van der Waals surface area contributed by atoms with Gasteiger partial charge in [0.25, 0.3) is 11.8 Å². The Morgan fingerprint density at radius 2 is 1.56 bits per heavy atom. The van der Waals surface area contributed by atoms with Crippen molar-refractivity contribution in [1.82, 2.24) is 5.32 Å². The monoisotopic (exact) mass is 340 g/mol. The Kier molecular flexibility index (Phi) is 6.42. The van der Waals surface area contributed by atoms with Crippen molar-refractivity contribution in [3.8, 4) is 0 Å². The minimum absolute atomic E-state index is 0.0779. The van der Waals surface area contributed by atoms with Gasteiger partial charge in [0, 0.05) is 36.0 Å². The van der Waals surface area contributed by atoms with Crippen LogP contribution in [0, 0.1) is 0 Å². The minimum Gasteiger partial charge on any atom is -0.383 e. The van der Waals surface area contributed by atoms with Crippen molar-refractivity contribution in [1.29, 1.82) is 0 Å². The Bertz CT molecular complexity index is 786. The summed E-state index contributed by atoms with van der Waals surface area (Å²) in [6, 6.07) is 13.1. The number of ether oxygens (including phenoxy) is 1. The van der Waals surface area contributed by atoms with Gasteiger partial charge in [-0.15, -0.1) is 0 Å². The van der Waals surface area contributed by atoms with Gasteiger partial charge in [-0.05, 0) is 37.3 Å². The Balaban J connectivity index is 2.09. The molecule has 0 saturated carbocycles. The highest BCUT2D eigenvalue weighted by molar-refractivity contribution is 6.06. The summed E-state index contributed by atoms with van der Waals surface area (Å²) in [5.74, 6) is -0.705. The molecule has 6 nitrogen and oxygen atoms in total. The zero-order valence-electron chi connectivity index (χ0n) is 14.2. The van der Waals surface area contributed by atoms with Crippen molar-refractivity contribution in [2.45, 2.75) is 6.92 Å². The number of Topliss-reactive ketones (excluding diaryl/α,β-unsaturated/α-hetero) is 1. The van der Waals surface area contributed by atoms with Gasteiger partial charge in [-0.2, -0.15) is 0 Å². The zero-order chi connectivity index (χ0) is 18.2. The van der Waals surface area contributed by atoms with E-state index in [9.17, 15) is 14.4 Å². The molecule has 0 unspecified atom stereocenters. The average Bonchev–Trinajstić information content (AvgIpc) is 2.62. The van der Waals surface area contributed by atoms with Crippen LogP contribution in [-0.4, -0.2) is 37.9 Å². The number of benzene rings is 2. The van der Waals surface area contributed by atoms with Gasteiger partial charge in [0.15, 0.2) is 5.78 Å². The summed E-state index contributed by atoms with van der Waals surface area (Å²) in [6.45, 7) is 2.27. The van der Waals surface area contributed by atoms with E-state index in [1.807, 2.05) is 0 Å². The molecule has 0 atom stereocenters. The molecular weight excluding hydrogens is 320 g/mol. The number of carbonyl (C=O) groups excluding carboxylic acids is 3. The van der Waals surface area contributed by atoms with Crippen molar-refractivity contribution in [2.75, 3.05) is 25.6 Å². The number of carbonyl (C=O) groups is 3. The summed E-state index contributed by atoms with van der Waals surface area (Å²) in [5.41, 5.74) is 1.78. The summed E-state index contributed by atoms with van der Waals surface area (Å²) in [5, 5.41) is 5.43. The number of hydrogen-bond donors (Lipinski definition) is 2. The Morgan fingerprint density at radius 1 is 0.920 bits per heavy atom. The first kappa shape index (κ1) is 18.4. The van der Waals surface area contributed by atoms with E-state index >= 15 is 0 Å². The lowest BCUT2D eigenvalue weighted by molar-refractivity contribution is 0.0936. The Morgan fingerprint density at radius 3 is 2.24 bits per heavy atom. The second-order valence-electron chi connectivity index (χ2n) is 5.42. The van der Waals surface area contributed by atoms with Crippen molar-refractivity contribution < 1.29 is 19.1 Å². The fourth-order valence-corrected chi connectivity index (χ4v) is 2.19. The smallest absolute Gasteiger partial charge is 0.255 e. The van der Waals surface area contributed by atoms with Gasteiger partial charge in [-0.1, -0.05) is 18.2 Å². The van der Waals surface area contributed by atoms with Crippen LogP contribution in [0.5, 0.6) is 0 Å². The molecule has 130 valence electrons. The highest BCUT2D eigenvalue weighted by Gasteiger charge is 2.11. The van der Waals surface area contributed by atoms with Crippen LogP contribution in [0.1, 0.15) is 38.0 Å². The minimum atomic E-state index is -0.354. The summed E-state index contributed by atoms with van der Waals surface area (Å²) < 4.78 is 4.88. The van der Waals surface area contributed by atoms with Crippen LogP contribution >= 0.6 is 0 Å². The molecule has 0 aromatic heterocycles. The van der Waals surface area contributed by atoms with Crippen LogP contribution in [0.4, 0.5) is 5.69 Å². The van der Waals surface area contributed by atoms with E-state index < -0.39 is 0 Å². The second-order valence-corrected chi connectivity index (χ2v) is 5.42. The van der Waals surface area contributed by atoms with E-state index in [-0.39, 0.29) is 17.6 Å². The number of rotatable bonds is 7. The van der Waals surface area contributed by atoms with Crippen LogP contribution in [0.3, 0.4) is 0 Å². The number of methoxy groups -OCH3 is 1. The predicted octanol–water partition coefficient (Wildman–Crippen LogP) is 2.52. The molecule has 0 bridgehead atoms. The number of anilines is 1. The Labute approximate surface area is 146 Å². The van der Waals surface area contributed by atoms with E-state index in [1.54, 1.807) is 49.6 Å². The highest BCUT2D eigenvalue weighted by atomic mass is 16.5. The molecule has 2 amide bonds. The largest absolute Gasteiger partial charge is 0.383 e. The normalized spacial score (nSPS) is 10.2. The van der Waals surface area contributed by atoms with Crippen molar-refractivity contribution in [2.24, 2.45) is 0 Å². The molecule has 0 aliphatic heterocycles. The van der Waals surface area contributed by atoms with Gasteiger partial charge in [0.05, 0.1) is 6.61 Å². The van der Waals surface area contributed by atoms with Crippen LogP contribution < -0.4 is 10.6 Å². The first-order valence-corrected chi connectivity index (χ1v) is 7.81. The predicted molar refractivity (Wildman–Crippen MR) is 95.1 cm³/mol. The van der Waals surface area contributed by atoms with Gasteiger partial charge in [-0.3, -0.25) is 14.4 Å². The standard InChI is InChI=1S/C19H20N2O4/c1-13(22)14-5-4-8-17(12-14)21-19(24)16-7-3-6-15(11-16)18(23)20-9-10-25-2/h3-8,11-12H,9-10H2,1-2H3,(H,20,23)(H,21,24).